The fourth-order valence-electron chi connectivity index (χ4n) is 7.03. The van der Waals surface area contributed by atoms with E-state index in [2.05, 4.69) is 30.7 Å². The number of carbonyl (C=O) groups is 1. The van der Waals surface area contributed by atoms with E-state index in [1.54, 1.807) is 6.07 Å². The number of ether oxygens (including phenoxy) is 2. The van der Waals surface area contributed by atoms with Gasteiger partial charge in [0.15, 0.2) is 5.82 Å². The standard InChI is InChI=1S/C29H36BrF2N5O4/c1-28(2,3)41-27(39)37-19-5-6-20(37)15-35(14-19)25-21-11-17(7-10-38)22(30)23(32)24(21)33-26(34-25)40-16-29-8-4-9-36(29)13-18(31)12-29/h7,10-11,18-20,38H,4-6,8-9,12-16H2,1-3H3/b10-7+/t18-,19?,20?,29?/m1/s1. The van der Waals surface area contributed by atoms with Crippen LogP contribution in [0.2, 0.25) is 0 Å². The van der Waals surface area contributed by atoms with Crippen molar-refractivity contribution in [2.75, 3.05) is 37.7 Å². The summed E-state index contributed by atoms with van der Waals surface area (Å²) in [7, 11) is 0. The summed E-state index contributed by atoms with van der Waals surface area (Å²) in [5.74, 6) is -0.0925. The Kier molecular flexibility index (Phi) is 7.28. The maximum atomic E-state index is 15.8. The minimum Gasteiger partial charge on any atom is -0.516 e. The number of alkyl halides is 1. The van der Waals surface area contributed by atoms with Crippen LogP contribution in [0.25, 0.3) is 17.0 Å². The third-order valence-electron chi connectivity index (χ3n) is 8.73. The van der Waals surface area contributed by atoms with E-state index in [1.165, 1.54) is 6.08 Å². The molecule has 2 aromatic rings. The van der Waals surface area contributed by atoms with Crippen molar-refractivity contribution in [3.05, 3.63) is 28.2 Å². The van der Waals surface area contributed by atoms with Gasteiger partial charge in [0.2, 0.25) is 0 Å². The van der Waals surface area contributed by atoms with Crippen molar-refractivity contribution < 1.29 is 28.2 Å². The Morgan fingerprint density at radius 1 is 1.24 bits per heavy atom. The zero-order valence-electron chi connectivity index (χ0n) is 23.6. The van der Waals surface area contributed by atoms with Gasteiger partial charge >= 0.3 is 12.1 Å². The van der Waals surface area contributed by atoms with Gasteiger partial charge in [-0.05, 0) is 86.6 Å². The number of aromatic nitrogens is 2. The Bertz CT molecular complexity index is 1370. The van der Waals surface area contributed by atoms with Crippen molar-refractivity contribution in [3.8, 4) is 6.01 Å². The first-order valence-electron chi connectivity index (χ1n) is 14.3. The molecular weight excluding hydrogens is 600 g/mol. The Balaban J connectivity index is 1.35. The third kappa shape index (κ3) is 5.22. The molecule has 41 heavy (non-hydrogen) atoms. The molecule has 2 bridgehead atoms. The second-order valence-corrected chi connectivity index (χ2v) is 13.5. The monoisotopic (exact) mass is 635 g/mol. The Morgan fingerprint density at radius 3 is 2.66 bits per heavy atom. The molecule has 4 atom stereocenters. The van der Waals surface area contributed by atoms with Crippen molar-refractivity contribution >= 4 is 44.8 Å². The maximum Gasteiger partial charge on any atom is 0.410 e. The predicted octanol–water partition coefficient (Wildman–Crippen LogP) is 5.60. The first-order valence-corrected chi connectivity index (χ1v) is 15.1. The van der Waals surface area contributed by atoms with Crippen molar-refractivity contribution in [2.45, 2.75) is 82.3 Å². The molecule has 4 aliphatic rings. The predicted molar refractivity (Wildman–Crippen MR) is 155 cm³/mol. The van der Waals surface area contributed by atoms with Gasteiger partial charge in [-0.3, -0.25) is 9.80 Å². The number of aliphatic hydroxyl groups excluding tert-OH is 1. The van der Waals surface area contributed by atoms with Crippen LogP contribution in [-0.2, 0) is 4.74 Å². The lowest BCUT2D eigenvalue weighted by Crippen LogP contribution is -2.57. The Labute approximate surface area is 246 Å². The normalized spacial score (nSPS) is 28.2. The molecule has 6 rings (SSSR count). The van der Waals surface area contributed by atoms with Crippen LogP contribution in [-0.4, -0.2) is 93.1 Å². The van der Waals surface area contributed by atoms with E-state index in [0.717, 1.165) is 38.5 Å². The number of hydrogen-bond acceptors (Lipinski definition) is 8. The first-order chi connectivity index (χ1) is 19.5. The van der Waals surface area contributed by atoms with E-state index in [-0.39, 0.29) is 40.8 Å². The van der Waals surface area contributed by atoms with E-state index < -0.39 is 23.1 Å². The lowest BCUT2D eigenvalue weighted by atomic mass is 9.95. The molecule has 222 valence electrons. The highest BCUT2D eigenvalue weighted by atomic mass is 79.9. The van der Waals surface area contributed by atoms with E-state index in [1.807, 2.05) is 25.7 Å². The van der Waals surface area contributed by atoms with Gasteiger partial charge in [-0.15, -0.1) is 0 Å². The lowest BCUT2D eigenvalue weighted by molar-refractivity contribution is 0.0122. The topological polar surface area (TPSA) is 91.3 Å². The molecule has 1 aromatic carbocycles. The van der Waals surface area contributed by atoms with E-state index in [4.69, 9.17) is 14.5 Å². The minimum atomic E-state index is -0.893. The van der Waals surface area contributed by atoms with Gasteiger partial charge in [0.1, 0.15) is 29.7 Å². The summed E-state index contributed by atoms with van der Waals surface area (Å²) >= 11 is 3.30. The quantitative estimate of drug-likeness (QED) is 0.425. The van der Waals surface area contributed by atoms with Gasteiger partial charge in [-0.1, -0.05) is 0 Å². The van der Waals surface area contributed by atoms with E-state index >= 15 is 4.39 Å². The average molecular weight is 637 g/mol. The van der Waals surface area contributed by atoms with Crippen LogP contribution in [0, 0.1) is 5.82 Å². The van der Waals surface area contributed by atoms with E-state index in [0.29, 0.717) is 42.8 Å². The number of halogens is 3. The molecule has 1 amide bonds. The number of hydrogen-bond donors (Lipinski definition) is 1. The molecule has 9 nitrogen and oxygen atoms in total. The number of benzene rings is 1. The van der Waals surface area contributed by atoms with Crippen LogP contribution >= 0.6 is 15.9 Å². The molecule has 0 radical (unpaired) electrons. The number of anilines is 1. The van der Waals surface area contributed by atoms with Gasteiger partial charge in [-0.2, -0.15) is 9.97 Å². The molecule has 5 heterocycles. The fourth-order valence-corrected chi connectivity index (χ4v) is 7.47. The summed E-state index contributed by atoms with van der Waals surface area (Å²) in [4.78, 5) is 28.3. The molecular formula is C29H36BrF2N5O4. The molecule has 4 saturated heterocycles. The van der Waals surface area contributed by atoms with Crippen LogP contribution in [0.1, 0.15) is 58.4 Å². The summed E-state index contributed by atoms with van der Waals surface area (Å²) in [6.07, 6.45) is 4.91. The molecule has 3 unspecified atom stereocenters. The number of nitrogens with zero attached hydrogens (tertiary/aromatic N) is 5. The maximum absolute atomic E-state index is 15.8. The second-order valence-electron chi connectivity index (χ2n) is 12.7. The van der Waals surface area contributed by atoms with Crippen LogP contribution in [0.3, 0.4) is 0 Å². The van der Waals surface area contributed by atoms with Crippen LogP contribution < -0.4 is 9.64 Å². The molecule has 1 N–H and O–H groups in total. The number of fused-ring (bicyclic) bond motifs is 4. The van der Waals surface area contributed by atoms with Crippen LogP contribution in [0.15, 0.2) is 16.8 Å². The number of amides is 1. The van der Waals surface area contributed by atoms with Gasteiger partial charge in [0, 0.05) is 31.4 Å². The van der Waals surface area contributed by atoms with Gasteiger partial charge in [-0.25, -0.2) is 13.6 Å². The Hall–Kier alpha value is -2.73. The molecule has 0 aliphatic carbocycles. The van der Waals surface area contributed by atoms with Crippen LogP contribution in [0.4, 0.5) is 19.4 Å². The second kappa shape index (κ2) is 10.5. The van der Waals surface area contributed by atoms with Crippen molar-refractivity contribution in [3.63, 3.8) is 0 Å². The highest BCUT2D eigenvalue weighted by Gasteiger charge is 2.50. The molecule has 4 aliphatic heterocycles. The van der Waals surface area contributed by atoms with E-state index in [9.17, 15) is 14.3 Å². The SMILES string of the molecule is CC(C)(C)OC(=O)N1C2CCC1CN(c1nc(OCC34CCCN3C[C@H](F)C4)nc3c(F)c(Br)c(/C=C/O)cc13)C2. The number of rotatable bonds is 5. The van der Waals surface area contributed by atoms with Gasteiger partial charge in [0.05, 0.1) is 28.4 Å². The first kappa shape index (κ1) is 28.4. The lowest BCUT2D eigenvalue weighted by Gasteiger charge is -2.42. The third-order valence-corrected chi connectivity index (χ3v) is 9.54. The number of carbonyl (C=O) groups excluding carboxylic acids is 1. The molecule has 0 saturated carbocycles. The molecule has 4 fully saturated rings. The number of piperazine rings is 1. The molecule has 1 aromatic heterocycles. The summed E-state index contributed by atoms with van der Waals surface area (Å²) < 4.78 is 42.1. The number of aliphatic hydroxyl groups is 1. The highest BCUT2D eigenvalue weighted by molar-refractivity contribution is 9.10. The summed E-state index contributed by atoms with van der Waals surface area (Å²) in [5.41, 5.74) is -0.471. The minimum absolute atomic E-state index is 0.0363. The average Bonchev–Trinajstić information content (AvgIpc) is 3.52. The van der Waals surface area contributed by atoms with Crippen molar-refractivity contribution in [1.82, 2.24) is 19.8 Å². The van der Waals surface area contributed by atoms with Gasteiger partial charge in [0.25, 0.3) is 0 Å². The zero-order valence-corrected chi connectivity index (χ0v) is 25.2. The summed E-state index contributed by atoms with van der Waals surface area (Å²) in [5, 5.41) is 9.88. The fraction of sp³-hybridized carbons (Fsp3) is 0.621. The largest absolute Gasteiger partial charge is 0.516 e. The summed E-state index contributed by atoms with van der Waals surface area (Å²) in [6, 6.07) is 1.61. The van der Waals surface area contributed by atoms with Gasteiger partial charge < -0.3 is 19.5 Å². The molecule has 0 spiro atoms. The molecule has 12 heteroatoms. The summed E-state index contributed by atoms with van der Waals surface area (Å²) in [6.45, 7) is 8.01. The van der Waals surface area contributed by atoms with Crippen LogP contribution in [0.5, 0.6) is 6.01 Å². The smallest absolute Gasteiger partial charge is 0.410 e. The highest BCUT2D eigenvalue weighted by Crippen LogP contribution is 2.42. The van der Waals surface area contributed by atoms with Crippen molar-refractivity contribution in [1.29, 1.82) is 0 Å². The zero-order chi connectivity index (χ0) is 29.1. The van der Waals surface area contributed by atoms with Crippen molar-refractivity contribution in [2.24, 2.45) is 0 Å². The Morgan fingerprint density at radius 2 is 1.98 bits per heavy atom.